The maximum Gasteiger partial charge on any atom is 0.244 e. The van der Waals surface area contributed by atoms with Crippen molar-refractivity contribution in [2.24, 2.45) is 0 Å². The Bertz CT molecular complexity index is 709. The predicted octanol–water partition coefficient (Wildman–Crippen LogP) is 0.266. The molecule has 3 N–H and O–H groups in total. The standard InChI is InChI=1S/C12H14ClN3O4S/c1-6-3-8(4-9(14)11(6)13)21(19,20)16-5-10(17)15-12(18)7(16)2/h3-4,7H,5,14H2,1-2H3,(H,15,17,18). The fraction of sp³-hybridized carbons (Fsp3) is 0.333. The molecular weight excluding hydrogens is 318 g/mol. The van der Waals surface area contributed by atoms with Gasteiger partial charge in [0, 0.05) is 0 Å². The molecule has 1 atom stereocenters. The molecule has 2 rings (SSSR count). The molecule has 0 spiro atoms. The van der Waals surface area contributed by atoms with Gasteiger partial charge in [-0.05, 0) is 31.5 Å². The van der Waals surface area contributed by atoms with Crippen LogP contribution in [-0.4, -0.2) is 37.1 Å². The number of amides is 2. The molecular formula is C12H14ClN3O4S. The van der Waals surface area contributed by atoms with Crippen molar-refractivity contribution in [3.63, 3.8) is 0 Å². The van der Waals surface area contributed by atoms with E-state index in [0.717, 1.165) is 4.31 Å². The van der Waals surface area contributed by atoms with Gasteiger partial charge in [-0.2, -0.15) is 4.31 Å². The maximum atomic E-state index is 12.6. The highest BCUT2D eigenvalue weighted by Gasteiger charge is 2.39. The summed E-state index contributed by atoms with van der Waals surface area (Å²) in [6.45, 7) is 2.61. The molecule has 1 aliphatic rings. The molecule has 9 heteroatoms. The topological polar surface area (TPSA) is 110 Å². The number of benzene rings is 1. The third-order valence-electron chi connectivity index (χ3n) is 3.24. The number of carbonyl (C=O) groups excluding carboxylic acids is 2. The Hall–Kier alpha value is -1.64. The molecule has 1 aromatic rings. The van der Waals surface area contributed by atoms with E-state index in [0.29, 0.717) is 5.56 Å². The molecule has 0 aromatic heterocycles. The molecule has 114 valence electrons. The Labute approximate surface area is 127 Å². The van der Waals surface area contributed by atoms with Gasteiger partial charge in [0.1, 0.15) is 6.04 Å². The number of carbonyl (C=O) groups is 2. The molecule has 0 bridgehead atoms. The van der Waals surface area contributed by atoms with E-state index >= 15 is 0 Å². The van der Waals surface area contributed by atoms with Crippen molar-refractivity contribution in [3.8, 4) is 0 Å². The maximum absolute atomic E-state index is 12.6. The van der Waals surface area contributed by atoms with E-state index in [9.17, 15) is 18.0 Å². The molecule has 0 radical (unpaired) electrons. The minimum absolute atomic E-state index is 0.101. The number of nitrogens with one attached hydrogen (secondary N) is 1. The number of imide groups is 1. The van der Waals surface area contributed by atoms with Crippen LogP contribution in [-0.2, 0) is 19.6 Å². The lowest BCUT2D eigenvalue weighted by atomic mass is 10.2. The number of nitrogens with two attached hydrogens (primary N) is 1. The summed E-state index contributed by atoms with van der Waals surface area (Å²) >= 11 is 5.91. The normalized spacial score (nSPS) is 20.4. The van der Waals surface area contributed by atoms with Crippen LogP contribution in [0, 0.1) is 6.92 Å². The van der Waals surface area contributed by atoms with Gasteiger partial charge in [0.15, 0.2) is 0 Å². The summed E-state index contributed by atoms with van der Waals surface area (Å²) in [5.41, 5.74) is 6.29. The van der Waals surface area contributed by atoms with Gasteiger partial charge in [0.2, 0.25) is 21.8 Å². The molecule has 1 aliphatic heterocycles. The summed E-state index contributed by atoms with van der Waals surface area (Å²) in [6, 6.07) is 1.59. The quantitative estimate of drug-likeness (QED) is 0.597. The molecule has 1 heterocycles. The van der Waals surface area contributed by atoms with Crippen molar-refractivity contribution in [2.75, 3.05) is 12.3 Å². The van der Waals surface area contributed by atoms with Gasteiger partial charge in [-0.25, -0.2) is 8.42 Å². The third kappa shape index (κ3) is 2.74. The Morgan fingerprint density at radius 1 is 1.38 bits per heavy atom. The first-order valence-electron chi connectivity index (χ1n) is 6.05. The molecule has 1 fully saturated rings. The fourth-order valence-corrected chi connectivity index (χ4v) is 3.81. The molecule has 21 heavy (non-hydrogen) atoms. The van der Waals surface area contributed by atoms with E-state index in [1.54, 1.807) is 6.92 Å². The summed E-state index contributed by atoms with van der Waals surface area (Å²) in [5, 5.41) is 2.36. The van der Waals surface area contributed by atoms with Gasteiger partial charge in [0.25, 0.3) is 0 Å². The third-order valence-corrected chi connectivity index (χ3v) is 5.65. The molecule has 0 saturated carbocycles. The van der Waals surface area contributed by atoms with Crippen LogP contribution in [0.4, 0.5) is 5.69 Å². The van der Waals surface area contributed by atoms with E-state index in [2.05, 4.69) is 5.32 Å². The van der Waals surface area contributed by atoms with E-state index in [1.807, 2.05) is 0 Å². The zero-order valence-electron chi connectivity index (χ0n) is 11.4. The fourth-order valence-electron chi connectivity index (χ4n) is 2.03. The number of aryl methyl sites for hydroxylation is 1. The van der Waals surface area contributed by atoms with Gasteiger partial charge in [0.05, 0.1) is 22.2 Å². The number of hydrogen-bond acceptors (Lipinski definition) is 5. The van der Waals surface area contributed by atoms with Crippen LogP contribution in [0.1, 0.15) is 12.5 Å². The number of anilines is 1. The van der Waals surface area contributed by atoms with Crippen LogP contribution >= 0.6 is 11.6 Å². The summed E-state index contributed by atoms with van der Waals surface area (Å²) in [5.74, 6) is -1.33. The van der Waals surface area contributed by atoms with Crippen LogP contribution in [0.15, 0.2) is 17.0 Å². The van der Waals surface area contributed by atoms with Crippen LogP contribution in [0.3, 0.4) is 0 Å². The molecule has 1 aromatic carbocycles. The molecule has 0 aliphatic carbocycles. The number of rotatable bonds is 2. The molecule has 7 nitrogen and oxygen atoms in total. The molecule has 1 saturated heterocycles. The summed E-state index contributed by atoms with van der Waals surface area (Å²) in [4.78, 5) is 22.9. The zero-order chi connectivity index (χ0) is 15.9. The Morgan fingerprint density at radius 2 is 2.00 bits per heavy atom. The molecule has 1 unspecified atom stereocenters. The minimum atomic E-state index is -4.03. The van der Waals surface area contributed by atoms with Crippen molar-refractivity contribution in [1.29, 1.82) is 0 Å². The van der Waals surface area contributed by atoms with Crippen molar-refractivity contribution >= 4 is 39.1 Å². The largest absolute Gasteiger partial charge is 0.397 e. The van der Waals surface area contributed by atoms with Crippen molar-refractivity contribution in [2.45, 2.75) is 24.8 Å². The first-order valence-corrected chi connectivity index (χ1v) is 7.87. The van der Waals surface area contributed by atoms with Crippen molar-refractivity contribution in [3.05, 3.63) is 22.7 Å². The average Bonchev–Trinajstić information content (AvgIpc) is 2.39. The summed E-state index contributed by atoms with van der Waals surface area (Å²) in [6.07, 6.45) is 0. The van der Waals surface area contributed by atoms with Crippen LogP contribution in [0.5, 0.6) is 0 Å². The van der Waals surface area contributed by atoms with Crippen molar-refractivity contribution in [1.82, 2.24) is 9.62 Å². The van der Waals surface area contributed by atoms with E-state index in [1.165, 1.54) is 19.1 Å². The van der Waals surface area contributed by atoms with Crippen LogP contribution in [0.2, 0.25) is 5.02 Å². The summed E-state index contributed by atoms with van der Waals surface area (Å²) in [7, 11) is -4.03. The minimum Gasteiger partial charge on any atom is -0.397 e. The zero-order valence-corrected chi connectivity index (χ0v) is 13.0. The van der Waals surface area contributed by atoms with Gasteiger partial charge < -0.3 is 5.73 Å². The lowest BCUT2D eigenvalue weighted by Crippen LogP contribution is -2.58. The SMILES string of the molecule is Cc1cc(S(=O)(=O)N2CC(=O)NC(=O)C2C)cc(N)c1Cl. The van der Waals surface area contributed by atoms with E-state index in [4.69, 9.17) is 17.3 Å². The second-order valence-electron chi connectivity index (χ2n) is 4.78. The predicted molar refractivity (Wildman–Crippen MR) is 77.1 cm³/mol. The Balaban J connectivity index is 2.51. The number of hydrogen-bond donors (Lipinski definition) is 2. The number of nitrogens with zero attached hydrogens (tertiary/aromatic N) is 1. The monoisotopic (exact) mass is 331 g/mol. The van der Waals surface area contributed by atoms with Gasteiger partial charge >= 0.3 is 0 Å². The Kier molecular flexibility index (Phi) is 3.96. The van der Waals surface area contributed by atoms with Crippen LogP contribution < -0.4 is 11.1 Å². The van der Waals surface area contributed by atoms with Crippen molar-refractivity contribution < 1.29 is 18.0 Å². The number of sulfonamides is 1. The smallest absolute Gasteiger partial charge is 0.244 e. The first kappa shape index (κ1) is 15.7. The molecule has 2 amide bonds. The highest BCUT2D eigenvalue weighted by molar-refractivity contribution is 7.89. The lowest BCUT2D eigenvalue weighted by Gasteiger charge is -2.30. The highest BCUT2D eigenvalue weighted by Crippen LogP contribution is 2.29. The van der Waals surface area contributed by atoms with Gasteiger partial charge in [-0.1, -0.05) is 11.6 Å². The van der Waals surface area contributed by atoms with Gasteiger partial charge in [-0.15, -0.1) is 0 Å². The Morgan fingerprint density at radius 3 is 2.57 bits per heavy atom. The second kappa shape index (κ2) is 5.28. The summed E-state index contributed by atoms with van der Waals surface area (Å²) < 4.78 is 26.0. The number of piperazine rings is 1. The number of nitrogen functional groups attached to an aromatic ring is 1. The lowest BCUT2D eigenvalue weighted by molar-refractivity contribution is -0.136. The van der Waals surface area contributed by atoms with E-state index < -0.39 is 34.4 Å². The highest BCUT2D eigenvalue weighted by atomic mass is 35.5. The van der Waals surface area contributed by atoms with Crippen LogP contribution in [0.25, 0.3) is 0 Å². The second-order valence-corrected chi connectivity index (χ2v) is 7.05. The van der Waals surface area contributed by atoms with Gasteiger partial charge in [-0.3, -0.25) is 14.9 Å². The average molecular weight is 332 g/mol. The van der Waals surface area contributed by atoms with E-state index in [-0.39, 0.29) is 15.6 Å². The number of halogens is 1. The first-order chi connectivity index (χ1) is 9.64.